The normalized spacial score (nSPS) is 25.0. The minimum absolute atomic E-state index is 0.0142. The fourth-order valence-electron chi connectivity index (χ4n) is 5.93. The lowest BCUT2D eigenvalue weighted by atomic mass is 9.55. The minimum Gasteiger partial charge on any atom is -0.182 e. The maximum absolute atomic E-state index is 7.39. The summed E-state index contributed by atoms with van der Waals surface area (Å²) in [6.45, 7) is 0. The molecule has 0 fully saturated rings. The maximum Gasteiger partial charge on any atom is 0.312 e. The molecule has 0 N–H and O–H groups in total. The molecule has 30 heavy (non-hydrogen) atoms. The summed E-state index contributed by atoms with van der Waals surface area (Å²) in [5.74, 6) is 0. The first-order valence-electron chi connectivity index (χ1n) is 12.1. The molecule has 2 aliphatic carbocycles. The second kappa shape index (κ2) is 9.19. The van der Waals surface area contributed by atoms with Crippen molar-refractivity contribution >= 4 is 28.6 Å². The van der Waals surface area contributed by atoms with Crippen LogP contribution in [-0.2, 0) is 0 Å². The zero-order valence-electron chi connectivity index (χ0n) is 18.1. The average Bonchev–Trinajstić information content (AvgIpc) is 2.76. The molecule has 0 spiro atoms. The van der Waals surface area contributed by atoms with Gasteiger partial charge in [0, 0.05) is 0 Å². The third kappa shape index (κ3) is 3.82. The predicted octanol–water partition coefficient (Wildman–Crippen LogP) is 8.10. The molecule has 0 radical (unpaired) electrons. The second-order valence-corrected chi connectivity index (χ2v) is 9.72. The molecular weight excluding hydrogens is 383 g/mol. The molecule has 2 aromatic rings. The Bertz CT molecular complexity index is 984. The van der Waals surface area contributed by atoms with Crippen molar-refractivity contribution in [2.24, 2.45) is 0 Å². The number of allylic oxidation sites excluding steroid dienone is 4. The molecule has 0 bridgehead atoms. The molecule has 0 saturated carbocycles. The van der Waals surface area contributed by atoms with E-state index in [4.69, 9.17) is 11.5 Å². The van der Waals surface area contributed by atoms with Gasteiger partial charge in [0.15, 0.2) is 0 Å². The topological polar surface area (TPSA) is 0 Å². The second-order valence-electron chi connectivity index (χ2n) is 9.28. The van der Waals surface area contributed by atoms with Gasteiger partial charge in [-0.1, -0.05) is 91.7 Å². The molecule has 1 aliphatic heterocycles. The molecular formula is C28H32BCl. The number of hydrogen-bond donors (Lipinski definition) is 0. The lowest BCUT2D eigenvalue weighted by Crippen LogP contribution is -2.30. The van der Waals surface area contributed by atoms with E-state index in [1.165, 1.54) is 98.3 Å². The molecule has 3 aliphatic rings. The summed E-state index contributed by atoms with van der Waals surface area (Å²) in [4.78, 5) is 0. The third-order valence-electron chi connectivity index (χ3n) is 7.42. The quantitative estimate of drug-likeness (QED) is 0.382. The Morgan fingerprint density at radius 2 is 1.03 bits per heavy atom. The van der Waals surface area contributed by atoms with Crippen LogP contribution in [0.25, 0.3) is 16.7 Å². The highest BCUT2D eigenvalue weighted by Crippen LogP contribution is 2.43. The van der Waals surface area contributed by atoms with Gasteiger partial charge in [-0.05, 0) is 78.2 Å². The van der Waals surface area contributed by atoms with Crippen molar-refractivity contribution in [1.82, 2.24) is 0 Å². The van der Waals surface area contributed by atoms with Gasteiger partial charge in [0.05, 0.1) is 0 Å². The van der Waals surface area contributed by atoms with Gasteiger partial charge >= 0.3 is 6.13 Å². The summed E-state index contributed by atoms with van der Waals surface area (Å²) >= 11 is 7.39. The molecule has 2 heteroatoms. The first kappa shape index (κ1) is 20.2. The Hall–Kier alpha value is -1.73. The largest absolute Gasteiger partial charge is 0.312 e. The van der Waals surface area contributed by atoms with Crippen LogP contribution in [-0.4, -0.2) is 6.13 Å². The molecule has 0 nitrogen and oxygen atoms in total. The Morgan fingerprint density at radius 3 is 1.77 bits per heavy atom. The Balaban J connectivity index is 1.84. The lowest BCUT2D eigenvalue weighted by molar-refractivity contribution is 0.605. The molecule has 0 unspecified atom stereocenters. The third-order valence-corrected chi connectivity index (χ3v) is 7.92. The lowest BCUT2D eigenvalue weighted by Gasteiger charge is -2.26. The SMILES string of the molecule is ClB1/C2=C(CCCCCC2)\C2=C(\CCCCCC2)c2ccccc2-c2ccccc21. The average molecular weight is 415 g/mol. The van der Waals surface area contributed by atoms with Crippen LogP contribution in [0.3, 0.4) is 0 Å². The van der Waals surface area contributed by atoms with Crippen molar-refractivity contribution in [1.29, 1.82) is 0 Å². The van der Waals surface area contributed by atoms with Gasteiger partial charge in [-0.25, -0.2) is 0 Å². The fraction of sp³-hybridized carbons (Fsp3) is 0.429. The molecule has 1 heterocycles. The van der Waals surface area contributed by atoms with Gasteiger partial charge in [-0.3, -0.25) is 0 Å². The van der Waals surface area contributed by atoms with E-state index < -0.39 is 0 Å². The van der Waals surface area contributed by atoms with Crippen LogP contribution in [0.1, 0.15) is 82.6 Å². The Kier molecular flexibility index (Phi) is 6.18. The van der Waals surface area contributed by atoms with Crippen LogP contribution in [0.5, 0.6) is 0 Å². The number of halogens is 1. The zero-order chi connectivity index (χ0) is 20.3. The molecule has 0 saturated heterocycles. The van der Waals surface area contributed by atoms with E-state index in [0.29, 0.717) is 0 Å². The monoisotopic (exact) mass is 414 g/mol. The van der Waals surface area contributed by atoms with Crippen molar-refractivity contribution in [3.05, 3.63) is 70.7 Å². The number of hydrogen-bond acceptors (Lipinski definition) is 0. The van der Waals surface area contributed by atoms with Crippen molar-refractivity contribution in [3.63, 3.8) is 0 Å². The molecule has 154 valence electrons. The van der Waals surface area contributed by atoms with E-state index >= 15 is 0 Å². The summed E-state index contributed by atoms with van der Waals surface area (Å²) in [5.41, 5.74) is 11.9. The van der Waals surface area contributed by atoms with Crippen molar-refractivity contribution < 1.29 is 0 Å². The van der Waals surface area contributed by atoms with E-state index in [2.05, 4.69) is 48.5 Å². The van der Waals surface area contributed by atoms with Crippen LogP contribution in [0.4, 0.5) is 0 Å². The first-order chi connectivity index (χ1) is 14.8. The number of benzene rings is 2. The van der Waals surface area contributed by atoms with Gasteiger partial charge in [0.1, 0.15) is 0 Å². The van der Waals surface area contributed by atoms with E-state index in [0.717, 1.165) is 6.42 Å². The van der Waals surface area contributed by atoms with Crippen LogP contribution in [0.2, 0.25) is 0 Å². The summed E-state index contributed by atoms with van der Waals surface area (Å²) < 4.78 is 0. The highest BCUT2D eigenvalue weighted by atomic mass is 35.5. The van der Waals surface area contributed by atoms with Crippen molar-refractivity contribution in [3.8, 4) is 11.1 Å². The van der Waals surface area contributed by atoms with Crippen LogP contribution < -0.4 is 5.46 Å². The van der Waals surface area contributed by atoms with Gasteiger partial charge in [-0.15, -0.1) is 0 Å². The van der Waals surface area contributed by atoms with Crippen LogP contribution in [0.15, 0.2) is 65.1 Å². The molecule has 0 aromatic heterocycles. The van der Waals surface area contributed by atoms with Gasteiger partial charge in [-0.2, -0.15) is 11.5 Å². The summed E-state index contributed by atoms with van der Waals surface area (Å²) in [7, 11) is 0. The van der Waals surface area contributed by atoms with Crippen molar-refractivity contribution in [2.75, 3.05) is 0 Å². The highest BCUT2D eigenvalue weighted by molar-refractivity contribution is 7.18. The highest BCUT2D eigenvalue weighted by Gasteiger charge is 2.30. The van der Waals surface area contributed by atoms with E-state index in [-0.39, 0.29) is 6.13 Å². The Labute approximate surface area is 187 Å². The summed E-state index contributed by atoms with van der Waals surface area (Å²) in [6, 6.07) is 18.0. The molecule has 0 amide bonds. The summed E-state index contributed by atoms with van der Waals surface area (Å²) in [6.07, 6.45) is 15.4. The first-order valence-corrected chi connectivity index (χ1v) is 12.6. The number of fused-ring (bicyclic) bond motifs is 5. The van der Waals surface area contributed by atoms with E-state index in [1.54, 1.807) is 16.7 Å². The van der Waals surface area contributed by atoms with E-state index in [9.17, 15) is 0 Å². The molecule has 2 aromatic carbocycles. The summed E-state index contributed by atoms with van der Waals surface area (Å²) in [5, 5.41) is 0. The maximum atomic E-state index is 7.39. The number of rotatable bonds is 0. The smallest absolute Gasteiger partial charge is 0.182 e. The van der Waals surface area contributed by atoms with Gasteiger partial charge < -0.3 is 0 Å². The van der Waals surface area contributed by atoms with Crippen LogP contribution >= 0.6 is 11.5 Å². The van der Waals surface area contributed by atoms with Gasteiger partial charge in [0.2, 0.25) is 0 Å². The zero-order valence-corrected chi connectivity index (χ0v) is 18.8. The molecule has 0 atom stereocenters. The Morgan fingerprint density at radius 1 is 0.500 bits per heavy atom. The van der Waals surface area contributed by atoms with Crippen molar-refractivity contribution in [2.45, 2.75) is 77.0 Å². The fourth-order valence-corrected chi connectivity index (χ4v) is 6.36. The van der Waals surface area contributed by atoms with Crippen LogP contribution in [0, 0.1) is 0 Å². The van der Waals surface area contributed by atoms with E-state index in [1.807, 2.05) is 0 Å². The minimum atomic E-state index is -0.0142. The standard InChI is InChI=1S/C28H32BCl/c30-29-27-19-8-4-3-7-17-25(27)23-14-6-2-1-5-13-21(23)22-15-9-10-16-24(22)26-18-11-12-20-28(26)29/h9-12,15-16,18,20H,1-8,13-14,17,19H2/b23-21-,27-25-. The van der Waals surface area contributed by atoms with Gasteiger partial charge in [0.25, 0.3) is 0 Å². The molecule has 5 rings (SSSR count). The predicted molar refractivity (Wildman–Crippen MR) is 132 cm³/mol.